The molecule has 7 heteroatoms. The summed E-state index contributed by atoms with van der Waals surface area (Å²) in [6, 6.07) is 6.01. The smallest absolute Gasteiger partial charge is 0.310 e. The number of aromatic amines is 2. The zero-order chi connectivity index (χ0) is 14.3. The third kappa shape index (κ3) is 2.03. The molecule has 1 aromatic carbocycles. The van der Waals surface area contributed by atoms with E-state index in [9.17, 15) is 14.0 Å². The zero-order valence-electron chi connectivity index (χ0n) is 10.6. The first-order chi connectivity index (χ1) is 9.54. The van der Waals surface area contributed by atoms with E-state index in [1.165, 1.54) is 12.1 Å². The summed E-state index contributed by atoms with van der Waals surface area (Å²) in [4.78, 5) is 31.9. The first kappa shape index (κ1) is 12.3. The number of hydrogen-bond donors (Lipinski definition) is 2. The first-order valence-electron chi connectivity index (χ1n) is 5.98. The van der Waals surface area contributed by atoms with E-state index in [4.69, 9.17) is 0 Å². The van der Waals surface area contributed by atoms with Gasteiger partial charge in [0.1, 0.15) is 17.3 Å². The van der Waals surface area contributed by atoms with Gasteiger partial charge in [-0.15, -0.1) is 0 Å². The van der Waals surface area contributed by atoms with Crippen LogP contribution in [0.1, 0.15) is 11.4 Å². The molecule has 3 aromatic rings. The Bertz CT molecular complexity index is 889. The number of imidazole rings is 1. The number of fused-ring (bicyclic) bond motifs is 1. The van der Waals surface area contributed by atoms with Crippen molar-refractivity contribution in [2.75, 3.05) is 0 Å². The molecule has 3 rings (SSSR count). The quantitative estimate of drug-likeness (QED) is 0.728. The van der Waals surface area contributed by atoms with Crippen molar-refractivity contribution in [3.63, 3.8) is 0 Å². The van der Waals surface area contributed by atoms with E-state index in [2.05, 4.69) is 15.0 Å². The number of benzene rings is 1. The Morgan fingerprint density at radius 2 is 1.90 bits per heavy atom. The maximum absolute atomic E-state index is 12.9. The van der Waals surface area contributed by atoms with Crippen molar-refractivity contribution < 1.29 is 4.39 Å². The van der Waals surface area contributed by atoms with E-state index >= 15 is 0 Å². The van der Waals surface area contributed by atoms with Crippen molar-refractivity contribution in [2.24, 2.45) is 0 Å². The van der Waals surface area contributed by atoms with E-state index in [1.807, 2.05) is 0 Å². The number of H-pyrrole nitrogens is 2. The van der Waals surface area contributed by atoms with Crippen LogP contribution in [0.4, 0.5) is 4.39 Å². The minimum Gasteiger partial charge on any atom is -0.310 e. The number of halogens is 1. The van der Waals surface area contributed by atoms with Gasteiger partial charge in [0.2, 0.25) is 0 Å². The molecule has 0 radical (unpaired) electrons. The third-order valence-electron chi connectivity index (χ3n) is 3.09. The fourth-order valence-corrected chi connectivity index (χ4v) is 2.12. The largest absolute Gasteiger partial charge is 0.327 e. The van der Waals surface area contributed by atoms with E-state index in [0.29, 0.717) is 18.0 Å². The predicted molar refractivity (Wildman–Crippen MR) is 71.2 cm³/mol. The molecule has 0 aliphatic rings. The topological polar surface area (TPSA) is 83.5 Å². The maximum Gasteiger partial charge on any atom is 0.327 e. The second-order valence-electron chi connectivity index (χ2n) is 4.48. The minimum atomic E-state index is -0.581. The molecule has 20 heavy (non-hydrogen) atoms. The van der Waals surface area contributed by atoms with Gasteiger partial charge in [0, 0.05) is 0 Å². The summed E-state index contributed by atoms with van der Waals surface area (Å²) in [5.41, 5.74) is 0.284. The van der Waals surface area contributed by atoms with Crippen LogP contribution in [0, 0.1) is 12.7 Å². The Morgan fingerprint density at radius 3 is 2.60 bits per heavy atom. The average molecular weight is 274 g/mol. The molecular weight excluding hydrogens is 263 g/mol. The maximum atomic E-state index is 12.9. The van der Waals surface area contributed by atoms with Crippen LogP contribution in [0.15, 0.2) is 33.9 Å². The lowest BCUT2D eigenvalue weighted by molar-refractivity contribution is 0.626. The van der Waals surface area contributed by atoms with E-state index in [1.54, 1.807) is 23.6 Å². The van der Waals surface area contributed by atoms with Crippen LogP contribution < -0.4 is 11.2 Å². The van der Waals surface area contributed by atoms with Crippen LogP contribution in [0.3, 0.4) is 0 Å². The van der Waals surface area contributed by atoms with E-state index in [0.717, 1.165) is 5.56 Å². The number of aromatic nitrogens is 4. The molecule has 0 unspecified atom stereocenters. The second-order valence-corrected chi connectivity index (χ2v) is 4.48. The van der Waals surface area contributed by atoms with Crippen LogP contribution in [0.2, 0.25) is 0 Å². The fourth-order valence-electron chi connectivity index (χ4n) is 2.12. The molecule has 2 aromatic heterocycles. The van der Waals surface area contributed by atoms with Crippen LogP contribution >= 0.6 is 0 Å². The van der Waals surface area contributed by atoms with Crippen molar-refractivity contribution in [3.8, 4) is 0 Å². The summed E-state index contributed by atoms with van der Waals surface area (Å²) in [5.74, 6) is 0.280. The lowest BCUT2D eigenvalue weighted by Crippen LogP contribution is -2.22. The molecule has 0 aliphatic carbocycles. The zero-order valence-corrected chi connectivity index (χ0v) is 10.6. The lowest BCUT2D eigenvalue weighted by Gasteiger charge is -2.06. The summed E-state index contributed by atoms with van der Waals surface area (Å²) in [6.45, 7) is 2.13. The fraction of sp³-hybridized carbons (Fsp3) is 0.154. The van der Waals surface area contributed by atoms with Gasteiger partial charge in [-0.1, -0.05) is 12.1 Å². The number of nitrogens with zero attached hydrogens (tertiary/aromatic N) is 2. The minimum absolute atomic E-state index is 0.184. The van der Waals surface area contributed by atoms with Crippen LogP contribution in [-0.4, -0.2) is 19.5 Å². The monoisotopic (exact) mass is 274 g/mol. The predicted octanol–water partition coefficient (Wildman–Crippen LogP) is 0.909. The van der Waals surface area contributed by atoms with Gasteiger partial charge >= 0.3 is 5.69 Å². The highest BCUT2D eigenvalue weighted by Crippen LogP contribution is 2.12. The lowest BCUT2D eigenvalue weighted by atomic mass is 10.2. The Balaban J connectivity index is 2.16. The normalized spacial score (nSPS) is 11.1. The van der Waals surface area contributed by atoms with Crippen molar-refractivity contribution >= 4 is 11.2 Å². The number of rotatable bonds is 2. The van der Waals surface area contributed by atoms with Gasteiger partial charge in [-0.25, -0.2) is 14.2 Å². The van der Waals surface area contributed by atoms with Crippen molar-refractivity contribution in [1.29, 1.82) is 0 Å². The van der Waals surface area contributed by atoms with Gasteiger partial charge in [0.15, 0.2) is 5.52 Å². The van der Waals surface area contributed by atoms with Crippen molar-refractivity contribution in [2.45, 2.75) is 13.5 Å². The van der Waals surface area contributed by atoms with Crippen LogP contribution in [0.5, 0.6) is 0 Å². The third-order valence-corrected chi connectivity index (χ3v) is 3.09. The van der Waals surface area contributed by atoms with Gasteiger partial charge < -0.3 is 4.57 Å². The Labute approximate surface area is 111 Å². The molecule has 0 fully saturated rings. The molecule has 102 valence electrons. The van der Waals surface area contributed by atoms with Crippen LogP contribution in [0.25, 0.3) is 11.2 Å². The molecule has 2 heterocycles. The summed E-state index contributed by atoms with van der Waals surface area (Å²) in [7, 11) is 0. The van der Waals surface area contributed by atoms with E-state index in [-0.39, 0.29) is 11.3 Å². The average Bonchev–Trinajstić information content (AvgIpc) is 2.70. The molecule has 0 bridgehead atoms. The number of hydrogen-bond acceptors (Lipinski definition) is 3. The highest BCUT2D eigenvalue weighted by molar-refractivity contribution is 5.69. The molecule has 0 saturated carbocycles. The highest BCUT2D eigenvalue weighted by Gasteiger charge is 2.12. The molecule has 0 atom stereocenters. The first-order valence-corrected chi connectivity index (χ1v) is 5.98. The van der Waals surface area contributed by atoms with Crippen LogP contribution in [-0.2, 0) is 6.54 Å². The second kappa shape index (κ2) is 4.44. The molecule has 0 saturated heterocycles. The van der Waals surface area contributed by atoms with Gasteiger partial charge in [-0.3, -0.25) is 14.8 Å². The SMILES string of the molecule is Cc1nc2c(=O)[nH]c(=O)[nH]c2n1Cc1ccc(F)cc1. The Kier molecular flexibility index (Phi) is 2.74. The van der Waals surface area contributed by atoms with Crippen molar-refractivity contribution in [3.05, 3.63) is 62.3 Å². The summed E-state index contributed by atoms with van der Waals surface area (Å²) < 4.78 is 14.6. The summed E-state index contributed by atoms with van der Waals surface area (Å²) in [6.07, 6.45) is 0. The standard InChI is InChI=1S/C13H11FN4O2/c1-7-15-10-11(16-13(20)17-12(10)19)18(7)6-8-2-4-9(14)5-3-8/h2-5H,6H2,1H3,(H2,16,17,19,20). The van der Waals surface area contributed by atoms with Crippen molar-refractivity contribution in [1.82, 2.24) is 19.5 Å². The molecule has 0 spiro atoms. The van der Waals surface area contributed by atoms with Gasteiger partial charge in [0.25, 0.3) is 5.56 Å². The highest BCUT2D eigenvalue weighted by atomic mass is 19.1. The number of aryl methyl sites for hydroxylation is 1. The van der Waals surface area contributed by atoms with Gasteiger partial charge in [0.05, 0.1) is 6.54 Å². The van der Waals surface area contributed by atoms with E-state index < -0.39 is 11.2 Å². The van der Waals surface area contributed by atoms with Gasteiger partial charge in [-0.2, -0.15) is 0 Å². The molecular formula is C13H11FN4O2. The summed E-state index contributed by atoms with van der Waals surface area (Å²) >= 11 is 0. The molecule has 0 amide bonds. The molecule has 2 N–H and O–H groups in total. The van der Waals surface area contributed by atoms with Gasteiger partial charge in [-0.05, 0) is 24.6 Å². The molecule has 0 aliphatic heterocycles. The Hall–Kier alpha value is -2.70. The number of nitrogens with one attached hydrogen (secondary N) is 2. The summed E-state index contributed by atoms with van der Waals surface area (Å²) in [5, 5.41) is 0. The molecule has 6 nitrogen and oxygen atoms in total. The Morgan fingerprint density at radius 1 is 1.20 bits per heavy atom.